The first-order valence-corrected chi connectivity index (χ1v) is 5.70. The average molecular weight is 226 g/mol. The normalized spacial score (nSPS) is 22.5. The summed E-state index contributed by atoms with van der Waals surface area (Å²) < 4.78 is 5.22. The van der Waals surface area contributed by atoms with Crippen LogP contribution in [0.3, 0.4) is 0 Å². The number of amides is 2. The summed E-state index contributed by atoms with van der Waals surface area (Å²) in [5.41, 5.74) is 0. The van der Waals surface area contributed by atoms with E-state index in [1.807, 2.05) is 0 Å². The van der Waals surface area contributed by atoms with Crippen molar-refractivity contribution >= 4 is 11.8 Å². The van der Waals surface area contributed by atoms with Crippen molar-refractivity contribution in [2.24, 2.45) is 11.8 Å². The lowest BCUT2D eigenvalue weighted by atomic mass is 9.98. The zero-order valence-electron chi connectivity index (χ0n) is 9.73. The highest BCUT2D eigenvalue weighted by Gasteiger charge is 2.43. The first kappa shape index (κ1) is 11.4. The van der Waals surface area contributed by atoms with Gasteiger partial charge in [-0.05, 0) is 18.8 Å². The van der Waals surface area contributed by atoms with Gasteiger partial charge in [-0.2, -0.15) is 0 Å². The molecule has 0 aromatic rings. The molecule has 1 heterocycles. The molecular weight excluding hydrogens is 208 g/mol. The number of carbonyl (C=O) groups is 2. The van der Waals surface area contributed by atoms with E-state index in [4.69, 9.17) is 4.74 Å². The maximum Gasteiger partial charge on any atom is 0.252 e. The number of carbonyl (C=O) groups excluding carboxylic acids is 2. The Morgan fingerprint density at radius 3 is 2.44 bits per heavy atom. The average Bonchev–Trinajstić information content (AvgIpc) is 3.00. The van der Waals surface area contributed by atoms with E-state index < -0.39 is 0 Å². The Hall–Kier alpha value is -1.10. The van der Waals surface area contributed by atoms with E-state index in [1.165, 1.54) is 0 Å². The molecular formula is C11H18N2O3. The van der Waals surface area contributed by atoms with Gasteiger partial charge in [0.05, 0.1) is 5.92 Å². The molecule has 5 heteroatoms. The van der Waals surface area contributed by atoms with Crippen molar-refractivity contribution in [2.45, 2.75) is 18.9 Å². The fourth-order valence-electron chi connectivity index (χ4n) is 2.10. The molecule has 2 aliphatic rings. The molecule has 0 radical (unpaired) electrons. The zero-order valence-corrected chi connectivity index (χ0v) is 9.73. The maximum absolute atomic E-state index is 12.0. The van der Waals surface area contributed by atoms with Gasteiger partial charge in [0.25, 0.3) is 5.91 Å². The topological polar surface area (TPSA) is 58.6 Å². The second-order valence-electron chi connectivity index (χ2n) is 4.55. The molecule has 2 rings (SSSR count). The molecule has 1 unspecified atom stereocenters. The molecule has 0 spiro atoms. The molecule has 1 saturated carbocycles. The Labute approximate surface area is 95.1 Å². The molecule has 1 aliphatic heterocycles. The zero-order chi connectivity index (χ0) is 11.7. The predicted octanol–water partition coefficient (Wildman–Crippen LogP) is -0.384. The predicted molar refractivity (Wildman–Crippen MR) is 57.7 cm³/mol. The second-order valence-corrected chi connectivity index (χ2v) is 4.55. The van der Waals surface area contributed by atoms with Crippen LogP contribution in [0.5, 0.6) is 0 Å². The Kier molecular flexibility index (Phi) is 3.14. The summed E-state index contributed by atoms with van der Waals surface area (Å²) in [6, 6.07) is 0. The highest BCUT2D eigenvalue weighted by molar-refractivity contribution is 5.86. The largest absolute Gasteiger partial charge is 0.371 e. The van der Waals surface area contributed by atoms with Gasteiger partial charge in [0.15, 0.2) is 0 Å². The summed E-state index contributed by atoms with van der Waals surface area (Å²) >= 11 is 0. The highest BCUT2D eigenvalue weighted by atomic mass is 16.5. The minimum Gasteiger partial charge on any atom is -0.371 e. The van der Waals surface area contributed by atoms with E-state index in [2.05, 4.69) is 5.32 Å². The summed E-state index contributed by atoms with van der Waals surface area (Å²) in [6.45, 7) is 1.07. The van der Waals surface area contributed by atoms with Crippen LogP contribution in [-0.2, 0) is 14.3 Å². The van der Waals surface area contributed by atoms with Gasteiger partial charge in [-0.15, -0.1) is 0 Å². The van der Waals surface area contributed by atoms with Crippen molar-refractivity contribution in [3.63, 3.8) is 0 Å². The molecule has 1 aliphatic carbocycles. The highest BCUT2D eigenvalue weighted by Crippen LogP contribution is 2.35. The number of nitrogens with zero attached hydrogens (tertiary/aromatic N) is 1. The van der Waals surface area contributed by atoms with Crippen LogP contribution < -0.4 is 5.32 Å². The summed E-state index contributed by atoms with van der Waals surface area (Å²) in [7, 11) is 3.20. The van der Waals surface area contributed by atoms with Gasteiger partial charge in [-0.25, -0.2) is 0 Å². The molecule has 2 amide bonds. The van der Waals surface area contributed by atoms with Crippen LogP contribution in [0.1, 0.15) is 12.8 Å². The van der Waals surface area contributed by atoms with Crippen LogP contribution in [-0.4, -0.2) is 50.1 Å². The second kappa shape index (κ2) is 4.41. The molecule has 0 aromatic carbocycles. The lowest BCUT2D eigenvalue weighted by molar-refractivity contribution is -0.152. The van der Waals surface area contributed by atoms with Gasteiger partial charge >= 0.3 is 0 Å². The van der Waals surface area contributed by atoms with Gasteiger partial charge in [-0.3, -0.25) is 9.59 Å². The van der Waals surface area contributed by atoms with Gasteiger partial charge in [0, 0.05) is 27.2 Å². The minimum atomic E-state index is -0.286. The van der Waals surface area contributed by atoms with Gasteiger partial charge < -0.3 is 15.0 Å². The van der Waals surface area contributed by atoms with Gasteiger partial charge in [-0.1, -0.05) is 0 Å². The first-order chi connectivity index (χ1) is 7.67. The van der Waals surface area contributed by atoms with Crippen molar-refractivity contribution in [1.82, 2.24) is 10.2 Å². The van der Waals surface area contributed by atoms with Crippen LogP contribution in [0.15, 0.2) is 0 Å². The third-order valence-corrected chi connectivity index (χ3v) is 3.36. The van der Waals surface area contributed by atoms with Crippen molar-refractivity contribution < 1.29 is 14.3 Å². The van der Waals surface area contributed by atoms with Crippen molar-refractivity contribution in [3.05, 3.63) is 0 Å². The SMILES string of the molecule is CNC(=O)C1CN(C(=O)C(OC)C2CC2)C1. The summed E-state index contributed by atoms with van der Waals surface area (Å²) in [6.07, 6.45) is 1.87. The van der Waals surface area contributed by atoms with E-state index in [0.717, 1.165) is 12.8 Å². The smallest absolute Gasteiger partial charge is 0.252 e. The van der Waals surface area contributed by atoms with Crippen LogP contribution >= 0.6 is 0 Å². The van der Waals surface area contributed by atoms with E-state index in [0.29, 0.717) is 19.0 Å². The molecule has 16 heavy (non-hydrogen) atoms. The number of nitrogens with one attached hydrogen (secondary N) is 1. The Morgan fingerprint density at radius 2 is 2.00 bits per heavy atom. The van der Waals surface area contributed by atoms with Crippen LogP contribution in [0.2, 0.25) is 0 Å². The number of hydrogen-bond donors (Lipinski definition) is 1. The molecule has 90 valence electrons. The lowest BCUT2D eigenvalue weighted by Crippen LogP contribution is -2.58. The van der Waals surface area contributed by atoms with Crippen molar-refractivity contribution in [3.8, 4) is 0 Å². The van der Waals surface area contributed by atoms with E-state index in [1.54, 1.807) is 19.1 Å². The number of ether oxygens (including phenoxy) is 1. The molecule has 0 bridgehead atoms. The van der Waals surface area contributed by atoms with Crippen molar-refractivity contribution in [1.29, 1.82) is 0 Å². The molecule has 0 aromatic heterocycles. The van der Waals surface area contributed by atoms with Crippen molar-refractivity contribution in [2.75, 3.05) is 27.2 Å². The van der Waals surface area contributed by atoms with Crippen LogP contribution in [0.4, 0.5) is 0 Å². The molecule has 1 saturated heterocycles. The van der Waals surface area contributed by atoms with E-state index in [9.17, 15) is 9.59 Å². The number of rotatable bonds is 4. The van der Waals surface area contributed by atoms with E-state index in [-0.39, 0.29) is 23.8 Å². The third kappa shape index (κ3) is 2.04. The van der Waals surface area contributed by atoms with Gasteiger partial charge in [0.1, 0.15) is 6.10 Å². The Balaban J connectivity index is 1.82. The molecule has 5 nitrogen and oxygen atoms in total. The number of hydrogen-bond acceptors (Lipinski definition) is 3. The molecule has 2 fully saturated rings. The Morgan fingerprint density at radius 1 is 1.38 bits per heavy atom. The van der Waals surface area contributed by atoms with Crippen LogP contribution in [0, 0.1) is 11.8 Å². The maximum atomic E-state index is 12.0. The molecule has 1 atom stereocenters. The summed E-state index contributed by atoms with van der Waals surface area (Å²) in [5.74, 6) is 0.428. The fourth-order valence-corrected chi connectivity index (χ4v) is 2.10. The first-order valence-electron chi connectivity index (χ1n) is 5.70. The standard InChI is InChI=1S/C11H18N2O3/c1-12-10(14)8-5-13(6-8)11(15)9(16-2)7-3-4-7/h7-9H,3-6H2,1-2H3,(H,12,14). The Bertz CT molecular complexity index is 296. The lowest BCUT2D eigenvalue weighted by Gasteiger charge is -2.39. The fraction of sp³-hybridized carbons (Fsp3) is 0.818. The summed E-state index contributed by atoms with van der Waals surface area (Å²) in [4.78, 5) is 24.9. The number of methoxy groups -OCH3 is 1. The minimum absolute atomic E-state index is 0.0180. The summed E-state index contributed by atoms with van der Waals surface area (Å²) in [5, 5.41) is 2.60. The van der Waals surface area contributed by atoms with Crippen LogP contribution in [0.25, 0.3) is 0 Å². The van der Waals surface area contributed by atoms with Gasteiger partial charge in [0.2, 0.25) is 5.91 Å². The third-order valence-electron chi connectivity index (χ3n) is 3.36. The molecule has 1 N–H and O–H groups in total. The quantitative estimate of drug-likeness (QED) is 0.710. The monoisotopic (exact) mass is 226 g/mol. The van der Waals surface area contributed by atoms with E-state index >= 15 is 0 Å². The number of likely N-dealkylation sites (tertiary alicyclic amines) is 1.